The Morgan fingerprint density at radius 2 is 1.97 bits per heavy atom. The number of aliphatic hydroxyl groups is 1. The zero-order valence-electron chi connectivity index (χ0n) is 17.9. The third-order valence-corrected chi connectivity index (χ3v) is 9.71. The summed E-state index contributed by atoms with van der Waals surface area (Å²) in [6.45, 7) is 8.85. The monoisotopic (exact) mass is 404 g/mol. The van der Waals surface area contributed by atoms with Gasteiger partial charge in [0, 0.05) is 23.4 Å². The molecular weight excluding hydrogens is 372 g/mol. The van der Waals surface area contributed by atoms with E-state index in [4.69, 9.17) is 14.2 Å². The predicted octanol–water partition coefficient (Wildman–Crippen LogP) is 2.49. The van der Waals surface area contributed by atoms with Crippen LogP contribution in [0.15, 0.2) is 11.8 Å². The van der Waals surface area contributed by atoms with Gasteiger partial charge in [0.1, 0.15) is 6.10 Å². The summed E-state index contributed by atoms with van der Waals surface area (Å²) in [5.74, 6) is -0.0338. The standard InChI is InChI=1S/C23H32O6/c1-11-8-15(27-5)20(25)21(3)14(11)9-16-22(4)19(21)18-13(6-7-28-18)12(2)23(22,26)10-17(24)29-16/h8,11-14,16,18-19,26H,6-7,9-10H2,1-5H3/t11-,12+,13+,14+,16-,18-,19-,21+,22-,23-/m1/s1. The summed E-state index contributed by atoms with van der Waals surface area (Å²) < 4.78 is 17.7. The fraction of sp³-hybridized carbons (Fsp3) is 0.826. The van der Waals surface area contributed by atoms with Crippen molar-refractivity contribution in [1.82, 2.24) is 0 Å². The maximum absolute atomic E-state index is 13.8. The molecule has 5 rings (SSSR count). The highest BCUT2D eigenvalue weighted by Crippen LogP contribution is 2.71. The van der Waals surface area contributed by atoms with Gasteiger partial charge >= 0.3 is 5.97 Å². The minimum Gasteiger partial charge on any atom is -0.493 e. The Morgan fingerprint density at radius 3 is 2.66 bits per heavy atom. The number of fused-ring (bicyclic) bond motifs is 4. The lowest BCUT2D eigenvalue weighted by Crippen LogP contribution is -2.78. The molecule has 0 spiro atoms. The molecule has 1 N–H and O–H groups in total. The van der Waals surface area contributed by atoms with Crippen molar-refractivity contribution in [3.05, 3.63) is 11.8 Å². The lowest BCUT2D eigenvalue weighted by atomic mass is 9.36. The summed E-state index contributed by atoms with van der Waals surface area (Å²) >= 11 is 0. The van der Waals surface area contributed by atoms with E-state index < -0.39 is 22.5 Å². The Morgan fingerprint density at radius 1 is 1.24 bits per heavy atom. The van der Waals surface area contributed by atoms with Crippen LogP contribution in [0.4, 0.5) is 0 Å². The zero-order chi connectivity index (χ0) is 20.9. The molecule has 6 nitrogen and oxygen atoms in total. The van der Waals surface area contributed by atoms with Gasteiger partial charge < -0.3 is 19.3 Å². The first kappa shape index (κ1) is 19.6. The maximum atomic E-state index is 13.8. The van der Waals surface area contributed by atoms with Crippen molar-refractivity contribution >= 4 is 11.8 Å². The highest BCUT2D eigenvalue weighted by atomic mass is 16.6. The number of ketones is 1. The second-order valence-electron chi connectivity index (χ2n) is 10.5. The molecule has 3 aliphatic carbocycles. The van der Waals surface area contributed by atoms with Gasteiger partial charge in [-0.3, -0.25) is 9.59 Å². The van der Waals surface area contributed by atoms with Crippen LogP contribution in [0.2, 0.25) is 0 Å². The first-order valence-corrected chi connectivity index (χ1v) is 10.9. The lowest BCUT2D eigenvalue weighted by Gasteiger charge is -2.71. The van der Waals surface area contributed by atoms with Gasteiger partial charge in [-0.2, -0.15) is 0 Å². The molecule has 0 aromatic carbocycles. The third-order valence-electron chi connectivity index (χ3n) is 9.71. The van der Waals surface area contributed by atoms with Gasteiger partial charge in [0.25, 0.3) is 0 Å². The molecule has 0 unspecified atom stereocenters. The second-order valence-corrected chi connectivity index (χ2v) is 10.5. The van der Waals surface area contributed by atoms with Gasteiger partial charge in [-0.15, -0.1) is 0 Å². The average Bonchev–Trinajstić information content (AvgIpc) is 3.13. The Kier molecular flexibility index (Phi) is 3.94. The largest absolute Gasteiger partial charge is 0.493 e. The lowest BCUT2D eigenvalue weighted by molar-refractivity contribution is -0.317. The van der Waals surface area contributed by atoms with Crippen molar-refractivity contribution < 1.29 is 28.9 Å². The summed E-state index contributed by atoms with van der Waals surface area (Å²) in [5, 5.41) is 12.1. The van der Waals surface area contributed by atoms with Crippen molar-refractivity contribution in [2.24, 2.45) is 40.4 Å². The predicted molar refractivity (Wildman–Crippen MR) is 104 cm³/mol. The van der Waals surface area contributed by atoms with Gasteiger partial charge in [-0.05, 0) is 42.6 Å². The normalized spacial score (nSPS) is 55.9. The number of rotatable bonds is 1. The Labute approximate surface area is 172 Å². The Bertz CT molecular complexity index is 805. The average molecular weight is 405 g/mol. The number of hydrogen-bond acceptors (Lipinski definition) is 6. The number of allylic oxidation sites excluding steroid dienone is 2. The van der Waals surface area contributed by atoms with E-state index in [0.29, 0.717) is 18.8 Å². The van der Waals surface area contributed by atoms with Gasteiger partial charge in [-0.25, -0.2) is 0 Å². The highest BCUT2D eigenvalue weighted by molar-refractivity contribution is 5.99. The van der Waals surface area contributed by atoms with Crippen LogP contribution in [0.1, 0.15) is 47.0 Å². The SMILES string of the molecule is COC1=C[C@@H](C)[C@@H]2C[C@H]3OC(=O)C[C@@]4(O)[C@@H](C)[C@@H]5CCO[C@H]5[C@H]([C@@]2(C)C1=O)[C@@]34C. The van der Waals surface area contributed by atoms with Crippen LogP contribution in [0.25, 0.3) is 0 Å². The van der Waals surface area contributed by atoms with Crippen LogP contribution < -0.4 is 0 Å². The van der Waals surface area contributed by atoms with Crippen LogP contribution in [-0.4, -0.2) is 48.4 Å². The molecule has 0 amide bonds. The van der Waals surface area contributed by atoms with Crippen molar-refractivity contribution in [3.63, 3.8) is 0 Å². The first-order valence-electron chi connectivity index (χ1n) is 10.9. The Hall–Kier alpha value is -1.40. The molecule has 160 valence electrons. The molecule has 5 aliphatic rings. The first-order chi connectivity index (χ1) is 13.6. The molecule has 6 heteroatoms. The van der Waals surface area contributed by atoms with Crippen molar-refractivity contribution in [3.8, 4) is 0 Å². The van der Waals surface area contributed by atoms with E-state index in [1.807, 2.05) is 26.8 Å². The number of Topliss-reactive ketones (excluding diaryl/α,β-unsaturated/α-hetero) is 1. The van der Waals surface area contributed by atoms with Gasteiger partial charge in [0.15, 0.2) is 5.76 Å². The van der Waals surface area contributed by atoms with Crippen LogP contribution in [0.5, 0.6) is 0 Å². The molecule has 10 atom stereocenters. The smallest absolute Gasteiger partial charge is 0.309 e. The minimum absolute atomic E-state index is 0.00386. The van der Waals surface area contributed by atoms with Crippen LogP contribution in [0, 0.1) is 40.4 Å². The van der Waals surface area contributed by atoms with Crippen molar-refractivity contribution in [2.45, 2.75) is 64.8 Å². The molecule has 2 saturated heterocycles. The summed E-state index contributed by atoms with van der Waals surface area (Å²) in [6.07, 6.45) is 2.76. The Balaban J connectivity index is 1.76. The number of ether oxygens (including phenoxy) is 3. The summed E-state index contributed by atoms with van der Waals surface area (Å²) in [5.41, 5.74) is -2.70. The molecule has 0 bridgehead atoms. The quantitative estimate of drug-likeness (QED) is 0.676. The molecule has 29 heavy (non-hydrogen) atoms. The number of methoxy groups -OCH3 is 1. The highest BCUT2D eigenvalue weighted by Gasteiger charge is 2.78. The van der Waals surface area contributed by atoms with Gasteiger partial charge in [0.2, 0.25) is 5.78 Å². The second kappa shape index (κ2) is 5.85. The topological polar surface area (TPSA) is 82.1 Å². The molecule has 2 saturated carbocycles. The van der Waals surface area contributed by atoms with E-state index in [1.165, 1.54) is 0 Å². The molecule has 2 aliphatic heterocycles. The van der Waals surface area contributed by atoms with E-state index in [0.717, 1.165) is 6.42 Å². The van der Waals surface area contributed by atoms with Gasteiger partial charge in [0.05, 0.1) is 25.2 Å². The van der Waals surface area contributed by atoms with E-state index in [-0.39, 0.29) is 53.9 Å². The number of carbonyl (C=O) groups excluding carboxylic acids is 2. The van der Waals surface area contributed by atoms with E-state index in [2.05, 4.69) is 6.92 Å². The van der Waals surface area contributed by atoms with Crippen molar-refractivity contribution in [2.75, 3.05) is 13.7 Å². The fourth-order valence-electron chi connectivity index (χ4n) is 8.22. The summed E-state index contributed by atoms with van der Waals surface area (Å²) in [4.78, 5) is 26.4. The third kappa shape index (κ3) is 2.05. The maximum Gasteiger partial charge on any atom is 0.309 e. The molecule has 0 aromatic rings. The summed E-state index contributed by atoms with van der Waals surface area (Å²) in [6, 6.07) is 0. The molecular formula is C23H32O6. The molecule has 0 radical (unpaired) electrons. The molecule has 0 aromatic heterocycles. The van der Waals surface area contributed by atoms with Crippen LogP contribution in [0.3, 0.4) is 0 Å². The fourth-order valence-corrected chi connectivity index (χ4v) is 8.22. The van der Waals surface area contributed by atoms with Crippen molar-refractivity contribution in [1.29, 1.82) is 0 Å². The van der Waals surface area contributed by atoms with Gasteiger partial charge in [-0.1, -0.05) is 27.7 Å². The molecule has 2 heterocycles. The van der Waals surface area contributed by atoms with Crippen LogP contribution in [-0.2, 0) is 23.8 Å². The van der Waals surface area contributed by atoms with E-state index in [9.17, 15) is 14.7 Å². The zero-order valence-corrected chi connectivity index (χ0v) is 17.9. The van der Waals surface area contributed by atoms with E-state index in [1.54, 1.807) is 7.11 Å². The summed E-state index contributed by atoms with van der Waals surface area (Å²) in [7, 11) is 1.55. The molecule has 4 fully saturated rings. The number of hydrogen-bond donors (Lipinski definition) is 1. The van der Waals surface area contributed by atoms with Crippen LogP contribution >= 0.6 is 0 Å². The minimum atomic E-state index is -1.21. The number of carbonyl (C=O) groups is 2. The number of esters is 1. The van der Waals surface area contributed by atoms with E-state index >= 15 is 0 Å².